The molecule has 0 aromatic carbocycles. The van der Waals surface area contributed by atoms with Crippen molar-refractivity contribution in [3.05, 3.63) is 0 Å². The van der Waals surface area contributed by atoms with Crippen LogP contribution >= 0.6 is 0 Å². The quantitative estimate of drug-likeness (QED) is 0.645. The fourth-order valence-corrected chi connectivity index (χ4v) is 1.88. The van der Waals surface area contributed by atoms with Gasteiger partial charge in [-0.05, 0) is 19.3 Å². The van der Waals surface area contributed by atoms with E-state index in [1.807, 2.05) is 6.92 Å². The summed E-state index contributed by atoms with van der Waals surface area (Å²) in [4.78, 5) is 23.3. The number of hydrogen-bond donors (Lipinski definition) is 1. The third kappa shape index (κ3) is 2.44. The van der Waals surface area contributed by atoms with E-state index in [2.05, 4.69) is 6.92 Å². The summed E-state index contributed by atoms with van der Waals surface area (Å²) >= 11 is 0. The number of hydrogen-bond acceptors (Lipinski definition) is 2. The highest BCUT2D eigenvalue weighted by molar-refractivity contribution is 5.93. The molecule has 2 atom stereocenters. The van der Waals surface area contributed by atoms with Crippen LogP contribution in [0.3, 0.4) is 0 Å². The maximum atomic E-state index is 11.4. The Hall–Kier alpha value is -1.06. The standard InChI is InChI=1S/C9H15NO3/c1-6-3-7(2)10(5-6)8(11)4-9(12)13/h6-7H,3-5H2,1-2H3,(H,12,13). The Kier molecular flexibility index (Phi) is 2.90. The Morgan fingerprint density at radius 1 is 1.46 bits per heavy atom. The van der Waals surface area contributed by atoms with Crippen molar-refractivity contribution in [1.82, 2.24) is 4.90 Å². The molecule has 0 radical (unpaired) electrons. The number of aliphatic carboxylic acids is 1. The topological polar surface area (TPSA) is 57.6 Å². The van der Waals surface area contributed by atoms with Gasteiger partial charge in [-0.3, -0.25) is 9.59 Å². The number of rotatable bonds is 2. The molecule has 2 unspecified atom stereocenters. The minimum atomic E-state index is -1.04. The minimum Gasteiger partial charge on any atom is -0.481 e. The van der Waals surface area contributed by atoms with Crippen molar-refractivity contribution in [3.63, 3.8) is 0 Å². The van der Waals surface area contributed by atoms with Gasteiger partial charge in [-0.25, -0.2) is 0 Å². The Morgan fingerprint density at radius 2 is 2.08 bits per heavy atom. The smallest absolute Gasteiger partial charge is 0.312 e. The summed E-state index contributed by atoms with van der Waals surface area (Å²) in [6, 6.07) is 0.196. The van der Waals surface area contributed by atoms with E-state index in [9.17, 15) is 9.59 Å². The van der Waals surface area contributed by atoms with Crippen LogP contribution in [0.5, 0.6) is 0 Å². The minimum absolute atomic E-state index is 0.196. The lowest BCUT2D eigenvalue weighted by molar-refractivity contribution is -0.144. The normalized spacial score (nSPS) is 27.7. The van der Waals surface area contributed by atoms with Gasteiger partial charge < -0.3 is 10.0 Å². The first-order valence-electron chi connectivity index (χ1n) is 4.52. The second-order valence-corrected chi connectivity index (χ2v) is 3.81. The van der Waals surface area contributed by atoms with Crippen molar-refractivity contribution in [2.45, 2.75) is 32.7 Å². The summed E-state index contributed by atoms with van der Waals surface area (Å²) in [6.45, 7) is 4.74. The van der Waals surface area contributed by atoms with Crippen LogP contribution in [0.2, 0.25) is 0 Å². The summed E-state index contributed by atoms with van der Waals surface area (Å²) in [5.41, 5.74) is 0. The second kappa shape index (κ2) is 3.77. The molecule has 4 heteroatoms. The van der Waals surface area contributed by atoms with Crippen LogP contribution in [0.25, 0.3) is 0 Å². The number of nitrogens with zero attached hydrogens (tertiary/aromatic N) is 1. The van der Waals surface area contributed by atoms with Gasteiger partial charge in [0.1, 0.15) is 6.42 Å². The van der Waals surface area contributed by atoms with Crippen molar-refractivity contribution >= 4 is 11.9 Å². The molecule has 0 bridgehead atoms. The lowest BCUT2D eigenvalue weighted by atomic mass is 10.1. The zero-order chi connectivity index (χ0) is 10.0. The molecule has 1 aliphatic heterocycles. The predicted octanol–water partition coefficient (Wildman–Crippen LogP) is 0.718. The molecule has 74 valence electrons. The lowest BCUT2D eigenvalue weighted by Crippen LogP contribution is -2.35. The van der Waals surface area contributed by atoms with Gasteiger partial charge in [-0.15, -0.1) is 0 Å². The molecule has 0 aliphatic carbocycles. The number of carbonyl (C=O) groups is 2. The van der Waals surface area contributed by atoms with E-state index >= 15 is 0 Å². The molecule has 13 heavy (non-hydrogen) atoms. The average molecular weight is 185 g/mol. The van der Waals surface area contributed by atoms with E-state index < -0.39 is 5.97 Å². The van der Waals surface area contributed by atoms with E-state index in [0.29, 0.717) is 12.5 Å². The first-order chi connectivity index (χ1) is 6.00. The SMILES string of the molecule is CC1CC(C)N(C(=O)CC(=O)O)C1. The highest BCUT2D eigenvalue weighted by atomic mass is 16.4. The maximum Gasteiger partial charge on any atom is 0.312 e. The van der Waals surface area contributed by atoms with Crippen LogP contribution in [0, 0.1) is 5.92 Å². The molecule has 1 amide bonds. The number of amides is 1. The molecular formula is C9H15NO3. The zero-order valence-electron chi connectivity index (χ0n) is 7.99. The lowest BCUT2D eigenvalue weighted by Gasteiger charge is -2.20. The van der Waals surface area contributed by atoms with Crippen LogP contribution in [-0.2, 0) is 9.59 Å². The number of carboxylic acid groups (broad SMARTS) is 1. The van der Waals surface area contributed by atoms with Gasteiger partial charge in [0.05, 0.1) is 0 Å². The van der Waals surface area contributed by atoms with Crippen LogP contribution in [0.15, 0.2) is 0 Å². The fraction of sp³-hybridized carbons (Fsp3) is 0.778. The van der Waals surface area contributed by atoms with E-state index in [-0.39, 0.29) is 18.4 Å². The summed E-state index contributed by atoms with van der Waals surface area (Å²) in [5, 5.41) is 8.45. The van der Waals surface area contributed by atoms with Gasteiger partial charge in [0.2, 0.25) is 5.91 Å². The van der Waals surface area contributed by atoms with E-state index in [1.165, 1.54) is 0 Å². The van der Waals surface area contributed by atoms with Crippen molar-refractivity contribution < 1.29 is 14.7 Å². The Morgan fingerprint density at radius 3 is 2.46 bits per heavy atom. The van der Waals surface area contributed by atoms with Gasteiger partial charge in [0.15, 0.2) is 0 Å². The van der Waals surface area contributed by atoms with Crippen molar-refractivity contribution in [1.29, 1.82) is 0 Å². The highest BCUT2D eigenvalue weighted by Gasteiger charge is 2.30. The predicted molar refractivity (Wildman–Crippen MR) is 47.2 cm³/mol. The molecule has 1 N–H and O–H groups in total. The monoisotopic (exact) mass is 185 g/mol. The van der Waals surface area contributed by atoms with Crippen LogP contribution in [-0.4, -0.2) is 34.5 Å². The Balaban J connectivity index is 2.52. The first-order valence-corrected chi connectivity index (χ1v) is 4.52. The summed E-state index contributed by atoms with van der Waals surface area (Å²) in [6.07, 6.45) is 0.600. The molecule has 1 fully saturated rings. The molecule has 1 saturated heterocycles. The number of carbonyl (C=O) groups excluding carboxylic acids is 1. The molecule has 1 aliphatic rings. The van der Waals surface area contributed by atoms with Gasteiger partial charge >= 0.3 is 5.97 Å². The van der Waals surface area contributed by atoms with Crippen LogP contribution < -0.4 is 0 Å². The molecule has 0 spiro atoms. The third-order valence-electron chi connectivity index (χ3n) is 2.41. The third-order valence-corrected chi connectivity index (χ3v) is 2.41. The van der Waals surface area contributed by atoms with Crippen molar-refractivity contribution in [3.8, 4) is 0 Å². The van der Waals surface area contributed by atoms with Crippen molar-refractivity contribution in [2.24, 2.45) is 5.92 Å². The van der Waals surface area contributed by atoms with E-state index in [1.54, 1.807) is 4.90 Å². The number of likely N-dealkylation sites (tertiary alicyclic amines) is 1. The summed E-state index contributed by atoms with van der Waals surface area (Å²) in [7, 11) is 0. The van der Waals surface area contributed by atoms with Gasteiger partial charge in [0, 0.05) is 12.6 Å². The molecule has 0 saturated carbocycles. The Labute approximate surface area is 77.5 Å². The second-order valence-electron chi connectivity index (χ2n) is 3.81. The first kappa shape index (κ1) is 10.0. The maximum absolute atomic E-state index is 11.4. The average Bonchev–Trinajstić information content (AvgIpc) is 2.28. The van der Waals surface area contributed by atoms with Crippen molar-refractivity contribution in [2.75, 3.05) is 6.54 Å². The molecule has 1 rings (SSSR count). The van der Waals surface area contributed by atoms with Gasteiger partial charge in [-0.1, -0.05) is 6.92 Å². The molecule has 0 aromatic rings. The molecule has 4 nitrogen and oxygen atoms in total. The number of carboxylic acids is 1. The van der Waals surface area contributed by atoms with Crippen LogP contribution in [0.1, 0.15) is 26.7 Å². The highest BCUT2D eigenvalue weighted by Crippen LogP contribution is 2.22. The van der Waals surface area contributed by atoms with Crippen LogP contribution in [0.4, 0.5) is 0 Å². The van der Waals surface area contributed by atoms with Gasteiger partial charge in [0.25, 0.3) is 0 Å². The summed E-state index contributed by atoms with van der Waals surface area (Å²) < 4.78 is 0. The largest absolute Gasteiger partial charge is 0.481 e. The Bertz CT molecular complexity index is 227. The molecule has 0 aromatic heterocycles. The molecule has 1 heterocycles. The van der Waals surface area contributed by atoms with Gasteiger partial charge in [-0.2, -0.15) is 0 Å². The zero-order valence-corrected chi connectivity index (χ0v) is 7.99. The van der Waals surface area contributed by atoms with E-state index in [0.717, 1.165) is 6.42 Å². The van der Waals surface area contributed by atoms with E-state index in [4.69, 9.17) is 5.11 Å². The summed E-state index contributed by atoms with van der Waals surface area (Å²) in [5.74, 6) is -0.811. The molecular weight excluding hydrogens is 170 g/mol. The fourth-order valence-electron chi connectivity index (χ4n) is 1.88.